The van der Waals surface area contributed by atoms with Gasteiger partial charge < -0.3 is 14.7 Å². The van der Waals surface area contributed by atoms with Crippen LogP contribution in [0.25, 0.3) is 0 Å². The first-order chi connectivity index (χ1) is 12.2. The van der Waals surface area contributed by atoms with Gasteiger partial charge in [-0.1, -0.05) is 0 Å². The Morgan fingerprint density at radius 2 is 1.36 bits per heavy atom. The number of piperazine rings is 1. The van der Waals surface area contributed by atoms with Crippen LogP contribution in [-0.2, 0) is 0 Å². The first kappa shape index (κ1) is 16.1. The zero-order valence-corrected chi connectivity index (χ0v) is 15.0. The van der Waals surface area contributed by atoms with Gasteiger partial charge in [-0.15, -0.1) is 0 Å². The molecule has 2 saturated heterocycles. The molecule has 0 unspecified atom stereocenters. The standard InChI is InChI=1S/C18H25N7/c1-14-11-16(22-18(21-14)25-5-3-4-6-25)23-7-9-24(10-8-23)17-13-19-12-15(2)20-17/h11-13H,3-10H2,1-2H3. The molecule has 0 N–H and O–H groups in total. The quantitative estimate of drug-likeness (QED) is 0.845. The van der Waals surface area contributed by atoms with Gasteiger partial charge >= 0.3 is 0 Å². The van der Waals surface area contributed by atoms with Gasteiger partial charge in [0, 0.05) is 57.2 Å². The van der Waals surface area contributed by atoms with Gasteiger partial charge in [-0.2, -0.15) is 4.98 Å². The van der Waals surface area contributed by atoms with E-state index in [2.05, 4.69) is 42.6 Å². The maximum Gasteiger partial charge on any atom is 0.227 e. The van der Waals surface area contributed by atoms with E-state index in [9.17, 15) is 0 Å². The summed E-state index contributed by atoms with van der Waals surface area (Å²) in [5.41, 5.74) is 2.00. The second kappa shape index (κ2) is 6.82. The second-order valence-corrected chi connectivity index (χ2v) is 6.85. The molecule has 4 heterocycles. The summed E-state index contributed by atoms with van der Waals surface area (Å²) in [6.45, 7) is 9.92. The van der Waals surface area contributed by atoms with E-state index in [4.69, 9.17) is 4.98 Å². The van der Waals surface area contributed by atoms with Crippen LogP contribution < -0.4 is 14.7 Å². The normalized spacial score (nSPS) is 18.1. The van der Waals surface area contributed by atoms with Crippen LogP contribution >= 0.6 is 0 Å². The Kier molecular flexibility index (Phi) is 4.38. The molecular weight excluding hydrogens is 314 g/mol. The largest absolute Gasteiger partial charge is 0.353 e. The van der Waals surface area contributed by atoms with Crippen molar-refractivity contribution in [3.8, 4) is 0 Å². The van der Waals surface area contributed by atoms with E-state index in [1.54, 1.807) is 6.20 Å². The predicted molar refractivity (Wildman–Crippen MR) is 99.4 cm³/mol. The highest BCUT2D eigenvalue weighted by molar-refractivity contribution is 5.48. The summed E-state index contributed by atoms with van der Waals surface area (Å²) in [6.07, 6.45) is 6.12. The fourth-order valence-electron chi connectivity index (χ4n) is 3.52. The lowest BCUT2D eigenvalue weighted by Crippen LogP contribution is -2.47. The van der Waals surface area contributed by atoms with Crippen LogP contribution in [0, 0.1) is 13.8 Å². The van der Waals surface area contributed by atoms with E-state index in [1.807, 2.05) is 13.1 Å². The van der Waals surface area contributed by atoms with E-state index in [0.717, 1.165) is 68.2 Å². The molecule has 0 spiro atoms. The van der Waals surface area contributed by atoms with Gasteiger partial charge in [0.25, 0.3) is 0 Å². The molecule has 7 nitrogen and oxygen atoms in total. The van der Waals surface area contributed by atoms with E-state index in [0.29, 0.717) is 0 Å². The average molecular weight is 339 g/mol. The SMILES string of the molecule is Cc1cncc(N2CCN(c3cc(C)nc(N4CCCC4)n3)CC2)n1. The third-order valence-corrected chi connectivity index (χ3v) is 4.89. The molecule has 2 fully saturated rings. The van der Waals surface area contributed by atoms with Crippen LogP contribution in [0.15, 0.2) is 18.5 Å². The van der Waals surface area contributed by atoms with Crippen molar-refractivity contribution < 1.29 is 0 Å². The lowest BCUT2D eigenvalue weighted by Gasteiger charge is -2.36. The molecule has 0 atom stereocenters. The van der Waals surface area contributed by atoms with Crippen molar-refractivity contribution in [3.05, 3.63) is 29.8 Å². The molecule has 132 valence electrons. The molecule has 0 radical (unpaired) electrons. The summed E-state index contributed by atoms with van der Waals surface area (Å²) in [7, 11) is 0. The summed E-state index contributed by atoms with van der Waals surface area (Å²) in [5.74, 6) is 2.90. The van der Waals surface area contributed by atoms with Crippen LogP contribution in [-0.4, -0.2) is 59.2 Å². The number of aryl methyl sites for hydroxylation is 2. The third kappa shape index (κ3) is 3.50. The second-order valence-electron chi connectivity index (χ2n) is 6.85. The summed E-state index contributed by atoms with van der Waals surface area (Å²) in [4.78, 5) is 25.3. The molecule has 0 aliphatic carbocycles. The zero-order valence-electron chi connectivity index (χ0n) is 15.0. The molecule has 2 aromatic rings. The number of rotatable bonds is 3. The molecule has 0 saturated carbocycles. The van der Waals surface area contributed by atoms with Crippen molar-refractivity contribution in [1.82, 2.24) is 19.9 Å². The number of aromatic nitrogens is 4. The number of anilines is 3. The summed E-state index contributed by atoms with van der Waals surface area (Å²) in [5, 5.41) is 0. The molecule has 2 aromatic heterocycles. The molecule has 0 amide bonds. The predicted octanol–water partition coefficient (Wildman–Crippen LogP) is 1.81. The van der Waals surface area contributed by atoms with Gasteiger partial charge in [-0.3, -0.25) is 4.98 Å². The van der Waals surface area contributed by atoms with Crippen molar-refractivity contribution in [2.24, 2.45) is 0 Å². The number of nitrogens with zero attached hydrogens (tertiary/aromatic N) is 7. The van der Waals surface area contributed by atoms with Crippen LogP contribution in [0.3, 0.4) is 0 Å². The molecule has 2 aliphatic heterocycles. The Labute approximate surface area is 148 Å². The lowest BCUT2D eigenvalue weighted by atomic mass is 10.3. The Morgan fingerprint density at radius 1 is 0.680 bits per heavy atom. The maximum atomic E-state index is 4.85. The van der Waals surface area contributed by atoms with E-state index in [-0.39, 0.29) is 0 Å². The highest BCUT2D eigenvalue weighted by atomic mass is 15.3. The molecule has 0 bridgehead atoms. The summed E-state index contributed by atoms with van der Waals surface area (Å²) in [6, 6.07) is 2.10. The fourth-order valence-corrected chi connectivity index (χ4v) is 3.52. The van der Waals surface area contributed by atoms with Gasteiger partial charge in [0.05, 0.1) is 11.9 Å². The minimum atomic E-state index is 0.888. The number of hydrogen-bond acceptors (Lipinski definition) is 7. The minimum Gasteiger partial charge on any atom is -0.353 e. The number of hydrogen-bond donors (Lipinski definition) is 0. The maximum absolute atomic E-state index is 4.85. The molecule has 2 aliphatic rings. The Hall–Kier alpha value is -2.44. The first-order valence-electron chi connectivity index (χ1n) is 9.08. The van der Waals surface area contributed by atoms with Gasteiger partial charge in [0.15, 0.2) is 0 Å². The Balaban J connectivity index is 1.47. The van der Waals surface area contributed by atoms with Crippen LogP contribution in [0.1, 0.15) is 24.2 Å². The lowest BCUT2D eigenvalue weighted by molar-refractivity contribution is 0.638. The highest BCUT2D eigenvalue weighted by Crippen LogP contribution is 2.22. The van der Waals surface area contributed by atoms with Crippen LogP contribution in [0.5, 0.6) is 0 Å². The van der Waals surface area contributed by atoms with E-state index >= 15 is 0 Å². The van der Waals surface area contributed by atoms with Crippen molar-refractivity contribution in [2.45, 2.75) is 26.7 Å². The Morgan fingerprint density at radius 3 is 2.04 bits per heavy atom. The van der Waals surface area contributed by atoms with Gasteiger partial charge in [-0.05, 0) is 26.7 Å². The van der Waals surface area contributed by atoms with Crippen LogP contribution in [0.4, 0.5) is 17.6 Å². The third-order valence-electron chi connectivity index (χ3n) is 4.89. The van der Waals surface area contributed by atoms with E-state index < -0.39 is 0 Å². The smallest absolute Gasteiger partial charge is 0.227 e. The summed E-state index contributed by atoms with van der Waals surface area (Å²) < 4.78 is 0. The monoisotopic (exact) mass is 339 g/mol. The zero-order chi connectivity index (χ0) is 17.2. The van der Waals surface area contributed by atoms with Gasteiger partial charge in [0.1, 0.15) is 11.6 Å². The van der Waals surface area contributed by atoms with Crippen molar-refractivity contribution in [1.29, 1.82) is 0 Å². The fraction of sp³-hybridized carbons (Fsp3) is 0.556. The van der Waals surface area contributed by atoms with Crippen LogP contribution in [0.2, 0.25) is 0 Å². The van der Waals surface area contributed by atoms with Crippen molar-refractivity contribution in [3.63, 3.8) is 0 Å². The van der Waals surface area contributed by atoms with Crippen molar-refractivity contribution in [2.75, 3.05) is 54.0 Å². The van der Waals surface area contributed by atoms with Gasteiger partial charge in [-0.25, -0.2) is 9.97 Å². The first-order valence-corrected chi connectivity index (χ1v) is 9.08. The summed E-state index contributed by atoms with van der Waals surface area (Å²) >= 11 is 0. The highest BCUT2D eigenvalue weighted by Gasteiger charge is 2.22. The van der Waals surface area contributed by atoms with E-state index in [1.165, 1.54) is 12.8 Å². The van der Waals surface area contributed by atoms with Crippen molar-refractivity contribution >= 4 is 17.6 Å². The molecule has 25 heavy (non-hydrogen) atoms. The Bertz CT molecular complexity index is 734. The molecular formula is C18H25N7. The molecule has 0 aromatic carbocycles. The average Bonchev–Trinajstić information content (AvgIpc) is 3.16. The topological polar surface area (TPSA) is 61.3 Å². The molecule has 4 rings (SSSR count). The molecule has 7 heteroatoms. The van der Waals surface area contributed by atoms with Gasteiger partial charge in [0.2, 0.25) is 5.95 Å². The minimum absolute atomic E-state index is 0.888.